The van der Waals surface area contributed by atoms with Crippen LogP contribution in [0.5, 0.6) is 0 Å². The van der Waals surface area contributed by atoms with Crippen LogP contribution in [0.4, 0.5) is 5.69 Å². The van der Waals surface area contributed by atoms with Crippen molar-refractivity contribution in [3.05, 3.63) is 29.8 Å². The Morgan fingerprint density at radius 2 is 1.88 bits per heavy atom. The SMILES string of the molecule is CC1CCC(C(=O)c2ccccc2N)CC1C. The molecule has 1 fully saturated rings. The summed E-state index contributed by atoms with van der Waals surface area (Å²) in [6.07, 6.45) is 3.18. The first-order chi connectivity index (χ1) is 8.09. The van der Waals surface area contributed by atoms with Crippen molar-refractivity contribution < 1.29 is 4.79 Å². The summed E-state index contributed by atoms with van der Waals surface area (Å²) >= 11 is 0. The summed E-state index contributed by atoms with van der Waals surface area (Å²) in [5.74, 6) is 1.79. The van der Waals surface area contributed by atoms with Crippen molar-refractivity contribution in [3.8, 4) is 0 Å². The number of carbonyl (C=O) groups is 1. The number of rotatable bonds is 2. The van der Waals surface area contributed by atoms with Gasteiger partial charge in [-0.2, -0.15) is 0 Å². The monoisotopic (exact) mass is 231 g/mol. The molecule has 0 saturated heterocycles. The second-order valence-electron chi connectivity index (χ2n) is 5.42. The van der Waals surface area contributed by atoms with Crippen LogP contribution in [0.3, 0.4) is 0 Å². The summed E-state index contributed by atoms with van der Waals surface area (Å²) in [4.78, 5) is 12.4. The van der Waals surface area contributed by atoms with E-state index in [1.165, 1.54) is 0 Å². The Balaban J connectivity index is 2.14. The lowest BCUT2D eigenvalue weighted by Crippen LogP contribution is -2.26. The van der Waals surface area contributed by atoms with Gasteiger partial charge >= 0.3 is 0 Å². The topological polar surface area (TPSA) is 43.1 Å². The maximum absolute atomic E-state index is 12.4. The van der Waals surface area contributed by atoms with Gasteiger partial charge in [-0.05, 0) is 43.2 Å². The molecule has 3 atom stereocenters. The second kappa shape index (κ2) is 4.91. The van der Waals surface area contributed by atoms with Crippen molar-refractivity contribution in [3.63, 3.8) is 0 Å². The normalized spacial score (nSPS) is 28.9. The van der Waals surface area contributed by atoms with Crippen LogP contribution in [-0.4, -0.2) is 5.78 Å². The fourth-order valence-electron chi connectivity index (χ4n) is 2.73. The van der Waals surface area contributed by atoms with Gasteiger partial charge in [0.2, 0.25) is 0 Å². The van der Waals surface area contributed by atoms with Gasteiger partial charge < -0.3 is 5.73 Å². The zero-order valence-corrected chi connectivity index (χ0v) is 10.6. The van der Waals surface area contributed by atoms with Crippen molar-refractivity contribution >= 4 is 11.5 Å². The van der Waals surface area contributed by atoms with Gasteiger partial charge in [0.25, 0.3) is 0 Å². The molecule has 1 aliphatic carbocycles. The second-order valence-corrected chi connectivity index (χ2v) is 5.42. The molecule has 2 nitrogen and oxygen atoms in total. The summed E-state index contributed by atoms with van der Waals surface area (Å²) in [6, 6.07) is 7.42. The average molecular weight is 231 g/mol. The van der Waals surface area contributed by atoms with E-state index in [2.05, 4.69) is 13.8 Å². The fourth-order valence-corrected chi connectivity index (χ4v) is 2.73. The molecular formula is C15H21NO. The minimum absolute atomic E-state index is 0.172. The highest BCUT2D eigenvalue weighted by atomic mass is 16.1. The number of Topliss-reactive ketones (excluding diaryl/α,β-unsaturated/α-hetero) is 1. The number of anilines is 1. The average Bonchev–Trinajstić information content (AvgIpc) is 2.32. The number of carbonyl (C=O) groups excluding carboxylic acids is 1. The van der Waals surface area contributed by atoms with Crippen molar-refractivity contribution in [1.29, 1.82) is 0 Å². The number of ketones is 1. The molecule has 17 heavy (non-hydrogen) atoms. The lowest BCUT2D eigenvalue weighted by Gasteiger charge is -2.31. The molecule has 0 spiro atoms. The van der Waals surface area contributed by atoms with Crippen molar-refractivity contribution in [2.45, 2.75) is 33.1 Å². The zero-order chi connectivity index (χ0) is 12.4. The molecule has 92 valence electrons. The minimum Gasteiger partial charge on any atom is -0.398 e. The Hall–Kier alpha value is -1.31. The van der Waals surface area contributed by atoms with E-state index in [0.29, 0.717) is 17.2 Å². The molecule has 0 amide bonds. The molecule has 3 unspecified atom stereocenters. The first kappa shape index (κ1) is 12.2. The van der Waals surface area contributed by atoms with Gasteiger partial charge in [0.05, 0.1) is 0 Å². The summed E-state index contributed by atoms with van der Waals surface area (Å²) < 4.78 is 0. The maximum atomic E-state index is 12.4. The first-order valence-corrected chi connectivity index (χ1v) is 6.48. The maximum Gasteiger partial charge on any atom is 0.168 e. The highest BCUT2D eigenvalue weighted by molar-refractivity contribution is 6.02. The lowest BCUT2D eigenvalue weighted by atomic mass is 9.73. The smallest absolute Gasteiger partial charge is 0.168 e. The van der Waals surface area contributed by atoms with Gasteiger partial charge in [-0.1, -0.05) is 26.0 Å². The Morgan fingerprint density at radius 3 is 2.53 bits per heavy atom. The molecule has 1 saturated carbocycles. The molecule has 0 heterocycles. The van der Waals surface area contributed by atoms with E-state index >= 15 is 0 Å². The lowest BCUT2D eigenvalue weighted by molar-refractivity contribution is 0.0838. The van der Waals surface area contributed by atoms with E-state index < -0.39 is 0 Å². The number of hydrogen-bond donors (Lipinski definition) is 1. The Kier molecular flexibility index (Phi) is 3.51. The molecule has 0 radical (unpaired) electrons. The molecule has 2 N–H and O–H groups in total. The van der Waals surface area contributed by atoms with Crippen molar-refractivity contribution in [2.24, 2.45) is 17.8 Å². The van der Waals surface area contributed by atoms with E-state index in [0.717, 1.165) is 25.2 Å². The molecule has 2 rings (SSSR count). The van der Waals surface area contributed by atoms with Crippen LogP contribution >= 0.6 is 0 Å². The highest BCUT2D eigenvalue weighted by Gasteiger charge is 2.30. The molecule has 1 aromatic rings. The zero-order valence-electron chi connectivity index (χ0n) is 10.6. The Morgan fingerprint density at radius 1 is 1.18 bits per heavy atom. The molecule has 0 aromatic heterocycles. The summed E-state index contributed by atoms with van der Waals surface area (Å²) in [7, 11) is 0. The molecule has 0 aliphatic heterocycles. The van der Waals surface area contributed by atoms with E-state index in [9.17, 15) is 4.79 Å². The van der Waals surface area contributed by atoms with Crippen LogP contribution in [0.1, 0.15) is 43.5 Å². The van der Waals surface area contributed by atoms with E-state index in [1.54, 1.807) is 0 Å². The van der Waals surface area contributed by atoms with E-state index in [4.69, 9.17) is 5.73 Å². The number of benzene rings is 1. The van der Waals surface area contributed by atoms with Crippen molar-refractivity contribution in [2.75, 3.05) is 5.73 Å². The summed E-state index contributed by atoms with van der Waals surface area (Å²) in [5, 5.41) is 0. The van der Waals surface area contributed by atoms with Crippen molar-refractivity contribution in [1.82, 2.24) is 0 Å². The number of nitrogens with two attached hydrogens (primary N) is 1. The quantitative estimate of drug-likeness (QED) is 0.625. The van der Waals surface area contributed by atoms with E-state index in [-0.39, 0.29) is 11.7 Å². The van der Waals surface area contributed by atoms with Gasteiger partial charge in [-0.25, -0.2) is 0 Å². The first-order valence-electron chi connectivity index (χ1n) is 6.48. The van der Waals surface area contributed by atoms with Gasteiger partial charge in [0.1, 0.15) is 0 Å². The Bertz CT molecular complexity index is 413. The third kappa shape index (κ3) is 2.51. The summed E-state index contributed by atoms with van der Waals surface area (Å²) in [6.45, 7) is 4.53. The van der Waals surface area contributed by atoms with Crippen LogP contribution in [0.25, 0.3) is 0 Å². The number of nitrogen functional groups attached to an aromatic ring is 1. The molecule has 1 aromatic carbocycles. The van der Waals surface area contributed by atoms with Crippen LogP contribution in [0.2, 0.25) is 0 Å². The van der Waals surface area contributed by atoms with Gasteiger partial charge in [0, 0.05) is 17.2 Å². The van der Waals surface area contributed by atoms with Gasteiger partial charge in [-0.15, -0.1) is 0 Å². The predicted octanol–water partition coefficient (Wildman–Crippen LogP) is 3.52. The molecular weight excluding hydrogens is 210 g/mol. The largest absolute Gasteiger partial charge is 0.398 e. The standard InChI is InChI=1S/C15H21NO/c1-10-7-8-12(9-11(10)2)15(17)13-5-3-4-6-14(13)16/h3-6,10-12H,7-9,16H2,1-2H3. The molecule has 0 bridgehead atoms. The van der Waals surface area contributed by atoms with E-state index in [1.807, 2.05) is 24.3 Å². The number of para-hydroxylation sites is 1. The van der Waals surface area contributed by atoms with Gasteiger partial charge in [0.15, 0.2) is 5.78 Å². The third-order valence-corrected chi connectivity index (χ3v) is 4.20. The third-order valence-electron chi connectivity index (χ3n) is 4.20. The molecule has 2 heteroatoms. The summed E-state index contributed by atoms with van der Waals surface area (Å²) in [5.41, 5.74) is 7.19. The van der Waals surface area contributed by atoms with Crippen LogP contribution in [0.15, 0.2) is 24.3 Å². The van der Waals surface area contributed by atoms with Crippen LogP contribution in [0, 0.1) is 17.8 Å². The van der Waals surface area contributed by atoms with Crippen LogP contribution in [-0.2, 0) is 0 Å². The fraction of sp³-hybridized carbons (Fsp3) is 0.533. The van der Waals surface area contributed by atoms with Gasteiger partial charge in [-0.3, -0.25) is 4.79 Å². The highest BCUT2D eigenvalue weighted by Crippen LogP contribution is 2.35. The number of hydrogen-bond acceptors (Lipinski definition) is 2. The van der Waals surface area contributed by atoms with Crippen LogP contribution < -0.4 is 5.73 Å². The molecule has 1 aliphatic rings. The predicted molar refractivity (Wildman–Crippen MR) is 70.9 cm³/mol. The Labute approximate surface area is 103 Å². The minimum atomic E-state index is 0.172.